The molecule has 2 aliphatic rings. The van der Waals surface area contributed by atoms with Crippen LogP contribution in [0.3, 0.4) is 0 Å². The molecule has 1 unspecified atom stereocenters. The fraction of sp³-hybridized carbons (Fsp3) is 0.480. The van der Waals surface area contributed by atoms with Crippen LogP contribution in [0, 0.1) is 5.92 Å². The molecule has 0 spiro atoms. The molecular weight excluding hydrogens is 415 g/mol. The zero-order valence-electron chi connectivity index (χ0n) is 17.6. The Balaban J connectivity index is 1.30. The van der Waals surface area contributed by atoms with Crippen LogP contribution < -0.4 is 5.32 Å². The van der Waals surface area contributed by atoms with Crippen LogP contribution in [0.5, 0.6) is 0 Å². The first-order chi connectivity index (χ1) is 14.5. The van der Waals surface area contributed by atoms with Gasteiger partial charge in [0.05, 0.1) is 6.04 Å². The van der Waals surface area contributed by atoms with Crippen LogP contribution in [0.4, 0.5) is 0 Å². The molecule has 1 aliphatic heterocycles. The van der Waals surface area contributed by atoms with Gasteiger partial charge in [-0.3, -0.25) is 9.69 Å². The second kappa shape index (κ2) is 9.72. The summed E-state index contributed by atoms with van der Waals surface area (Å²) in [6, 6.07) is 12.4. The number of nitrogens with zero attached hydrogens (tertiary/aromatic N) is 1. The minimum atomic E-state index is 0.0460. The van der Waals surface area contributed by atoms with Gasteiger partial charge in [0.15, 0.2) is 0 Å². The molecule has 30 heavy (non-hydrogen) atoms. The molecule has 1 atom stereocenters. The van der Waals surface area contributed by atoms with Gasteiger partial charge in [-0.2, -0.15) is 0 Å². The van der Waals surface area contributed by atoms with E-state index in [1.807, 2.05) is 18.2 Å². The Hall–Kier alpha value is -1.55. The van der Waals surface area contributed by atoms with E-state index >= 15 is 0 Å². The highest BCUT2D eigenvalue weighted by Gasteiger charge is 2.27. The molecule has 1 fully saturated rings. The normalized spacial score (nSPS) is 18.6. The van der Waals surface area contributed by atoms with Crippen LogP contribution >= 0.6 is 23.2 Å². The number of hydrogen-bond acceptors (Lipinski definition) is 2. The van der Waals surface area contributed by atoms with Gasteiger partial charge in [-0.15, -0.1) is 0 Å². The van der Waals surface area contributed by atoms with Gasteiger partial charge in [-0.1, -0.05) is 47.5 Å². The van der Waals surface area contributed by atoms with Crippen LogP contribution in [-0.4, -0.2) is 23.9 Å². The van der Waals surface area contributed by atoms with Crippen molar-refractivity contribution < 1.29 is 4.79 Å². The van der Waals surface area contributed by atoms with Gasteiger partial charge in [0.1, 0.15) is 0 Å². The number of halogens is 2. The van der Waals surface area contributed by atoms with Gasteiger partial charge in [0.2, 0.25) is 5.91 Å². The summed E-state index contributed by atoms with van der Waals surface area (Å²) in [7, 11) is 0. The number of piperidine rings is 1. The number of hydrogen-bond donors (Lipinski definition) is 1. The fourth-order valence-electron chi connectivity index (χ4n) is 4.70. The fourth-order valence-corrected chi connectivity index (χ4v) is 5.21. The molecule has 160 valence electrons. The van der Waals surface area contributed by atoms with Crippen molar-refractivity contribution in [2.24, 2.45) is 5.92 Å². The third kappa shape index (κ3) is 5.01. The SMILES string of the molecule is CC(NC(=O)C1CCN(Cc2c(Cl)cccc2Cl)CC1)c1ccc2c(c1)CCCC2. The lowest BCUT2D eigenvalue weighted by Crippen LogP contribution is -2.41. The maximum Gasteiger partial charge on any atom is 0.223 e. The molecule has 2 aromatic rings. The van der Waals surface area contributed by atoms with Crippen molar-refractivity contribution in [2.75, 3.05) is 13.1 Å². The molecule has 0 saturated carbocycles. The van der Waals surface area contributed by atoms with Crippen molar-refractivity contribution in [3.63, 3.8) is 0 Å². The average Bonchev–Trinajstić information content (AvgIpc) is 2.76. The van der Waals surface area contributed by atoms with E-state index in [-0.39, 0.29) is 17.9 Å². The first kappa shape index (κ1) is 21.7. The van der Waals surface area contributed by atoms with Crippen molar-refractivity contribution in [3.05, 3.63) is 68.7 Å². The van der Waals surface area contributed by atoms with Crippen LogP contribution in [-0.2, 0) is 24.2 Å². The summed E-state index contributed by atoms with van der Waals surface area (Å²) in [5.74, 6) is 0.249. The molecule has 5 heteroatoms. The Morgan fingerprint density at radius 1 is 1.07 bits per heavy atom. The van der Waals surface area contributed by atoms with Gasteiger partial charge in [0.25, 0.3) is 0 Å². The van der Waals surface area contributed by atoms with Crippen LogP contribution in [0.15, 0.2) is 36.4 Å². The van der Waals surface area contributed by atoms with E-state index < -0.39 is 0 Å². The third-order valence-electron chi connectivity index (χ3n) is 6.63. The lowest BCUT2D eigenvalue weighted by Gasteiger charge is -2.32. The smallest absolute Gasteiger partial charge is 0.223 e. The Morgan fingerprint density at radius 2 is 1.73 bits per heavy atom. The van der Waals surface area contributed by atoms with Crippen molar-refractivity contribution in [3.8, 4) is 0 Å². The van der Waals surface area contributed by atoms with Crippen LogP contribution in [0.1, 0.15) is 60.9 Å². The second-order valence-corrected chi connectivity index (χ2v) is 9.53. The minimum Gasteiger partial charge on any atom is -0.349 e. The largest absolute Gasteiger partial charge is 0.349 e. The number of carbonyl (C=O) groups is 1. The summed E-state index contributed by atoms with van der Waals surface area (Å²) in [6.07, 6.45) is 6.65. The third-order valence-corrected chi connectivity index (χ3v) is 7.34. The Bertz CT molecular complexity index is 886. The van der Waals surface area contributed by atoms with Gasteiger partial charge in [-0.25, -0.2) is 0 Å². The molecule has 1 aliphatic carbocycles. The van der Waals surface area contributed by atoms with Crippen molar-refractivity contribution in [2.45, 2.75) is 58.0 Å². The van der Waals surface area contributed by atoms with Gasteiger partial charge in [-0.05, 0) is 87.4 Å². The monoisotopic (exact) mass is 444 g/mol. The Morgan fingerprint density at radius 3 is 2.43 bits per heavy atom. The van der Waals surface area contributed by atoms with Gasteiger partial charge < -0.3 is 5.32 Å². The lowest BCUT2D eigenvalue weighted by atomic mass is 9.89. The summed E-state index contributed by atoms with van der Waals surface area (Å²) < 4.78 is 0. The van der Waals surface area contributed by atoms with E-state index in [4.69, 9.17) is 23.2 Å². The number of amides is 1. The average molecular weight is 445 g/mol. The molecule has 2 aromatic carbocycles. The van der Waals surface area contributed by atoms with Crippen molar-refractivity contribution in [1.82, 2.24) is 10.2 Å². The molecule has 3 nitrogen and oxygen atoms in total. The van der Waals surface area contributed by atoms with E-state index in [0.717, 1.165) is 44.5 Å². The molecule has 1 N–H and O–H groups in total. The second-order valence-electron chi connectivity index (χ2n) is 8.72. The topological polar surface area (TPSA) is 32.3 Å². The van der Waals surface area contributed by atoms with Crippen LogP contribution in [0.25, 0.3) is 0 Å². The number of carbonyl (C=O) groups excluding carboxylic acids is 1. The Kier molecular flexibility index (Phi) is 7.02. The van der Waals surface area contributed by atoms with Crippen LogP contribution in [0.2, 0.25) is 10.0 Å². The van der Waals surface area contributed by atoms with E-state index in [2.05, 4.69) is 35.3 Å². The minimum absolute atomic E-state index is 0.0460. The first-order valence-corrected chi connectivity index (χ1v) is 11.8. The Labute approximate surface area is 189 Å². The maximum absolute atomic E-state index is 12.9. The standard InChI is InChI=1S/C25H30Cl2N2O/c1-17(20-10-9-18-5-2-3-6-21(18)15-20)28-25(30)19-11-13-29(14-12-19)16-22-23(26)7-4-8-24(22)27/h4,7-10,15,17,19H,2-3,5-6,11-14,16H2,1H3,(H,28,30). The molecule has 1 saturated heterocycles. The zero-order chi connectivity index (χ0) is 21.1. The number of rotatable bonds is 5. The van der Waals surface area contributed by atoms with Gasteiger partial charge >= 0.3 is 0 Å². The summed E-state index contributed by atoms with van der Waals surface area (Å²) in [5, 5.41) is 4.67. The van der Waals surface area contributed by atoms with Gasteiger partial charge in [0, 0.05) is 28.1 Å². The molecule has 0 bridgehead atoms. The van der Waals surface area contributed by atoms with E-state index in [1.54, 1.807) is 0 Å². The van der Waals surface area contributed by atoms with Crippen molar-refractivity contribution >= 4 is 29.1 Å². The molecule has 0 radical (unpaired) electrons. The number of fused-ring (bicyclic) bond motifs is 1. The predicted octanol–water partition coefficient (Wildman–Crippen LogP) is 5.96. The number of aryl methyl sites for hydroxylation is 2. The maximum atomic E-state index is 12.9. The zero-order valence-corrected chi connectivity index (χ0v) is 19.1. The lowest BCUT2D eigenvalue weighted by molar-refractivity contribution is -0.127. The molecule has 0 aromatic heterocycles. The summed E-state index contributed by atoms with van der Waals surface area (Å²) in [6.45, 7) is 4.59. The van der Waals surface area contributed by atoms with E-state index in [1.165, 1.54) is 36.0 Å². The summed E-state index contributed by atoms with van der Waals surface area (Å²) in [5.41, 5.74) is 5.14. The highest BCUT2D eigenvalue weighted by molar-refractivity contribution is 6.35. The quantitative estimate of drug-likeness (QED) is 0.616. The molecular formula is C25H30Cl2N2O. The predicted molar refractivity (Wildman–Crippen MR) is 124 cm³/mol. The number of likely N-dealkylation sites (tertiary alicyclic amines) is 1. The molecule has 4 rings (SSSR count). The van der Waals surface area contributed by atoms with Crippen molar-refractivity contribution in [1.29, 1.82) is 0 Å². The molecule has 1 heterocycles. The number of benzene rings is 2. The van der Waals surface area contributed by atoms with E-state index in [9.17, 15) is 4.79 Å². The first-order valence-electron chi connectivity index (χ1n) is 11.1. The number of nitrogens with one attached hydrogen (secondary N) is 1. The summed E-state index contributed by atoms with van der Waals surface area (Å²) in [4.78, 5) is 15.2. The highest BCUT2D eigenvalue weighted by Crippen LogP contribution is 2.29. The molecule has 1 amide bonds. The van der Waals surface area contributed by atoms with E-state index in [0.29, 0.717) is 10.0 Å². The summed E-state index contributed by atoms with van der Waals surface area (Å²) >= 11 is 12.6. The highest BCUT2D eigenvalue weighted by atomic mass is 35.5.